The second-order valence-corrected chi connectivity index (χ2v) is 28.4. The quantitative estimate of drug-likeness (QED) is 0.121. The molecule has 0 heterocycles. The fourth-order valence-corrected chi connectivity index (χ4v) is 20.9. The number of rotatable bonds is 11. The maximum atomic E-state index is 10.1. The normalized spacial score (nSPS) is 25.6. The first-order valence-corrected chi connectivity index (χ1v) is 25.9. The molecule has 4 aromatic carbocycles. The molecule has 3 fully saturated rings. The predicted molar refractivity (Wildman–Crippen MR) is 254 cm³/mol. The Hall–Kier alpha value is -3.85. The van der Waals surface area contributed by atoms with Crippen LogP contribution in [0.2, 0.25) is 10.1 Å². The van der Waals surface area contributed by atoms with Crippen LogP contribution in [0.15, 0.2) is 169 Å². The second kappa shape index (κ2) is 17.3. The van der Waals surface area contributed by atoms with Gasteiger partial charge >= 0.3 is 0 Å². The number of benzene rings is 4. The van der Waals surface area contributed by atoms with Gasteiger partial charge in [-0.2, -0.15) is 0 Å². The van der Waals surface area contributed by atoms with Gasteiger partial charge in [0.25, 0.3) is 16.6 Å². The Kier molecular flexibility index (Phi) is 12.7. The fraction of sp³-hybridized carbons (Fsp3) is 0.407. The van der Waals surface area contributed by atoms with Crippen LogP contribution >= 0.6 is 0 Å². The molecule has 7 rings (SSSR count). The van der Waals surface area contributed by atoms with Gasteiger partial charge in [0.1, 0.15) is 0 Å². The first-order valence-electron chi connectivity index (χ1n) is 22.1. The number of aliphatic hydroxyl groups is 1. The lowest BCUT2D eigenvalue weighted by molar-refractivity contribution is 0.102. The molecular formula is C54H68O3Si2. The summed E-state index contributed by atoms with van der Waals surface area (Å²) in [7, 11) is -5.83. The van der Waals surface area contributed by atoms with E-state index in [4.69, 9.17) is 15.4 Å². The first-order chi connectivity index (χ1) is 28.2. The van der Waals surface area contributed by atoms with E-state index >= 15 is 0 Å². The summed E-state index contributed by atoms with van der Waals surface area (Å²) in [5.74, 6) is 0.860. The van der Waals surface area contributed by atoms with E-state index in [0.29, 0.717) is 11.8 Å². The summed E-state index contributed by atoms with van der Waals surface area (Å²) in [4.78, 5) is 0. The minimum Gasteiger partial charge on any atom is -0.404 e. The SMILES string of the molecule is C=C1C(=CC=C2CCC[C@]3(C)[C@@H](C(=C)CO)CC[C@@H]23)C[C@@H](O[Si](c2ccccc2)(c2ccccc2)C(C)(C)C)C[C@@H]1O[Si](c1ccccc1)(c1ccccc1)C(C)(C)C. The summed E-state index contributed by atoms with van der Waals surface area (Å²) in [5.41, 5.74) is 4.98. The highest BCUT2D eigenvalue weighted by molar-refractivity contribution is 7.00. The molecule has 3 nitrogen and oxygen atoms in total. The molecule has 5 heteroatoms. The lowest BCUT2D eigenvalue weighted by Crippen LogP contribution is -2.69. The van der Waals surface area contributed by atoms with Gasteiger partial charge in [-0.3, -0.25) is 0 Å². The van der Waals surface area contributed by atoms with Crippen molar-refractivity contribution in [1.29, 1.82) is 0 Å². The van der Waals surface area contributed by atoms with Crippen molar-refractivity contribution in [2.24, 2.45) is 17.3 Å². The van der Waals surface area contributed by atoms with Crippen molar-refractivity contribution >= 4 is 37.4 Å². The highest BCUT2D eigenvalue weighted by Crippen LogP contribution is 2.59. The molecule has 0 aromatic heterocycles. The Bertz CT molecular complexity index is 2050. The van der Waals surface area contributed by atoms with Crippen molar-refractivity contribution in [1.82, 2.24) is 0 Å². The van der Waals surface area contributed by atoms with E-state index in [1.807, 2.05) is 0 Å². The van der Waals surface area contributed by atoms with Gasteiger partial charge in [-0.15, -0.1) is 0 Å². The van der Waals surface area contributed by atoms with Gasteiger partial charge in [0.05, 0.1) is 18.8 Å². The van der Waals surface area contributed by atoms with Crippen LogP contribution in [0.1, 0.15) is 93.4 Å². The van der Waals surface area contributed by atoms with Crippen molar-refractivity contribution in [3.05, 3.63) is 169 Å². The third-order valence-corrected chi connectivity index (χ3v) is 24.5. The number of hydrogen-bond donors (Lipinski definition) is 1. The largest absolute Gasteiger partial charge is 0.404 e. The summed E-state index contributed by atoms with van der Waals surface area (Å²) in [6.45, 7) is 26.0. The Morgan fingerprint density at radius 1 is 0.712 bits per heavy atom. The van der Waals surface area contributed by atoms with Crippen LogP contribution in [0, 0.1) is 17.3 Å². The van der Waals surface area contributed by atoms with Crippen molar-refractivity contribution in [2.75, 3.05) is 6.61 Å². The minimum absolute atomic E-state index is 0.0787. The van der Waals surface area contributed by atoms with E-state index in [0.717, 1.165) is 49.7 Å². The molecule has 0 bridgehead atoms. The molecule has 0 unspecified atom stereocenters. The minimum atomic E-state index is -2.94. The van der Waals surface area contributed by atoms with Crippen molar-refractivity contribution in [3.8, 4) is 0 Å². The van der Waals surface area contributed by atoms with Gasteiger partial charge in [-0.05, 0) is 103 Å². The van der Waals surface area contributed by atoms with E-state index in [1.54, 1.807) is 0 Å². The Morgan fingerprint density at radius 2 is 1.17 bits per heavy atom. The predicted octanol–water partition coefficient (Wildman–Crippen LogP) is 10.8. The molecule has 4 aromatic rings. The standard InChI is InChI=1S/C54H68O3Si2/c1-40(39-55)49-34-35-50-42(23-22-36-54(49,50)9)32-33-43-37-44(56-58(52(3,4)5,45-24-14-10-15-25-45)46-26-16-11-17-27-46)38-51(41(43)2)57-59(53(6,7)8,47-28-18-12-19-29-47)48-30-20-13-21-31-48/h10-21,24-33,44,49-51,55H,1-2,22-23,34-39H2,3-9H3/t44-,49-,50+,51+,54-/m1/s1. The molecule has 3 aliphatic carbocycles. The Balaban J connectivity index is 1.37. The fourth-order valence-electron chi connectivity index (χ4n) is 11.5. The van der Waals surface area contributed by atoms with Crippen molar-refractivity contribution in [3.63, 3.8) is 0 Å². The third kappa shape index (κ3) is 8.06. The molecule has 5 atom stereocenters. The molecule has 310 valence electrons. The molecule has 3 saturated carbocycles. The average Bonchev–Trinajstić information content (AvgIpc) is 3.59. The lowest BCUT2D eigenvalue weighted by atomic mass is 9.62. The monoisotopic (exact) mass is 820 g/mol. The number of allylic oxidation sites excluding steroid dienone is 3. The molecule has 3 aliphatic rings. The molecule has 0 radical (unpaired) electrons. The van der Waals surface area contributed by atoms with Crippen LogP contribution in [-0.4, -0.2) is 40.6 Å². The lowest BCUT2D eigenvalue weighted by Gasteiger charge is -2.49. The van der Waals surface area contributed by atoms with E-state index in [-0.39, 0.29) is 34.3 Å². The number of aliphatic hydroxyl groups excluding tert-OH is 1. The molecule has 1 N–H and O–H groups in total. The van der Waals surface area contributed by atoms with Gasteiger partial charge in [-0.25, -0.2) is 0 Å². The Labute approximate surface area is 358 Å². The van der Waals surface area contributed by atoms with Gasteiger partial charge < -0.3 is 14.0 Å². The zero-order valence-corrected chi connectivity index (χ0v) is 38.8. The van der Waals surface area contributed by atoms with Gasteiger partial charge in [0.15, 0.2) is 0 Å². The summed E-state index contributed by atoms with van der Waals surface area (Å²) >= 11 is 0. The summed E-state index contributed by atoms with van der Waals surface area (Å²) in [5, 5.41) is 14.9. The summed E-state index contributed by atoms with van der Waals surface area (Å²) in [6.07, 6.45) is 11.7. The molecular weight excluding hydrogens is 753 g/mol. The highest BCUT2D eigenvalue weighted by Gasteiger charge is 2.55. The van der Waals surface area contributed by atoms with Crippen LogP contribution in [0.25, 0.3) is 0 Å². The van der Waals surface area contributed by atoms with E-state index in [2.05, 4.69) is 189 Å². The zero-order chi connectivity index (χ0) is 42.1. The van der Waals surface area contributed by atoms with Crippen LogP contribution < -0.4 is 20.7 Å². The topological polar surface area (TPSA) is 38.7 Å². The zero-order valence-electron chi connectivity index (χ0n) is 36.8. The molecule has 0 spiro atoms. The van der Waals surface area contributed by atoms with Gasteiger partial charge in [0, 0.05) is 6.42 Å². The van der Waals surface area contributed by atoms with Crippen molar-refractivity contribution < 1.29 is 14.0 Å². The van der Waals surface area contributed by atoms with Crippen LogP contribution in [0.5, 0.6) is 0 Å². The van der Waals surface area contributed by atoms with Crippen LogP contribution in [0.3, 0.4) is 0 Å². The number of fused-ring (bicyclic) bond motifs is 1. The van der Waals surface area contributed by atoms with Gasteiger partial charge in [-0.1, -0.05) is 201 Å². The Morgan fingerprint density at radius 3 is 1.61 bits per heavy atom. The average molecular weight is 821 g/mol. The smallest absolute Gasteiger partial charge is 0.261 e. The molecule has 0 aliphatic heterocycles. The number of hydrogen-bond acceptors (Lipinski definition) is 3. The third-order valence-electron chi connectivity index (χ3n) is 14.4. The van der Waals surface area contributed by atoms with Crippen LogP contribution in [0.4, 0.5) is 0 Å². The summed E-state index contributed by atoms with van der Waals surface area (Å²) in [6, 6.07) is 44.1. The maximum Gasteiger partial charge on any atom is 0.261 e. The van der Waals surface area contributed by atoms with E-state index in [1.165, 1.54) is 38.3 Å². The molecule has 0 saturated heterocycles. The van der Waals surface area contributed by atoms with Crippen molar-refractivity contribution in [2.45, 2.75) is 116 Å². The summed E-state index contributed by atoms with van der Waals surface area (Å²) < 4.78 is 16.0. The first kappa shape index (κ1) is 43.2. The second-order valence-electron chi connectivity index (χ2n) is 19.9. The van der Waals surface area contributed by atoms with E-state index < -0.39 is 16.6 Å². The van der Waals surface area contributed by atoms with Crippen LogP contribution in [-0.2, 0) is 8.85 Å². The van der Waals surface area contributed by atoms with Gasteiger partial charge in [0.2, 0.25) is 0 Å². The van der Waals surface area contributed by atoms with E-state index in [9.17, 15) is 5.11 Å². The highest BCUT2D eigenvalue weighted by atomic mass is 28.4. The molecule has 59 heavy (non-hydrogen) atoms. The molecule has 0 amide bonds. The maximum absolute atomic E-state index is 10.1.